The molecule has 0 aliphatic rings. The van der Waals surface area contributed by atoms with Crippen molar-refractivity contribution < 1.29 is 24.2 Å². The molecule has 0 aromatic heterocycles. The number of benzene rings is 1. The Balaban J connectivity index is 2.39. The van der Waals surface area contributed by atoms with Crippen LogP contribution in [0.5, 0.6) is 0 Å². The van der Waals surface area contributed by atoms with Crippen LogP contribution in [0.15, 0.2) is 18.2 Å². The van der Waals surface area contributed by atoms with E-state index in [1.807, 2.05) is 0 Å². The number of hydrogen-bond acceptors (Lipinski definition) is 2. The second-order valence-corrected chi connectivity index (χ2v) is 5.82. The molecule has 0 saturated carbocycles. The third kappa shape index (κ3) is 8.96. The van der Waals surface area contributed by atoms with E-state index in [1.165, 1.54) is 6.07 Å². The average Bonchev–Trinajstić information content (AvgIpc) is 2.47. The number of hydrogen-bond donors (Lipinski definition) is 2. The molecule has 0 atom stereocenters. The summed E-state index contributed by atoms with van der Waals surface area (Å²) in [6.45, 7) is 0. The number of unbranched alkanes of at least 4 members (excludes halogenated alkanes) is 4. The lowest BCUT2D eigenvalue weighted by molar-refractivity contribution is -0.138. The van der Waals surface area contributed by atoms with E-state index in [1.54, 1.807) is 12.1 Å². The second kappa shape index (κ2) is 10.8. The van der Waals surface area contributed by atoms with Gasteiger partial charge in [0.1, 0.15) is 5.82 Å². The van der Waals surface area contributed by atoms with Crippen molar-refractivity contribution in [2.75, 3.05) is 0 Å². The van der Waals surface area contributed by atoms with Crippen molar-refractivity contribution in [1.82, 2.24) is 0 Å². The number of carbonyl (C=O) groups is 2. The van der Waals surface area contributed by atoms with Crippen LogP contribution in [0, 0.1) is 5.82 Å². The van der Waals surface area contributed by atoms with E-state index in [9.17, 15) is 14.0 Å². The summed E-state index contributed by atoms with van der Waals surface area (Å²) in [7, 11) is 0. The van der Waals surface area contributed by atoms with Crippen LogP contribution in [-0.4, -0.2) is 22.2 Å². The van der Waals surface area contributed by atoms with Gasteiger partial charge in [-0.3, -0.25) is 9.59 Å². The normalized spacial score (nSPS) is 10.7. The van der Waals surface area contributed by atoms with Crippen LogP contribution in [0.4, 0.5) is 4.39 Å². The molecule has 0 heterocycles. The highest BCUT2D eigenvalue weighted by molar-refractivity contribution is 5.66. The first-order valence-electron chi connectivity index (χ1n) is 8.20. The molecule has 5 heteroatoms. The van der Waals surface area contributed by atoms with Gasteiger partial charge in [-0.2, -0.15) is 0 Å². The van der Waals surface area contributed by atoms with Crippen molar-refractivity contribution >= 4 is 11.9 Å². The highest BCUT2D eigenvalue weighted by atomic mass is 19.1. The highest BCUT2D eigenvalue weighted by Gasteiger charge is 2.06. The Labute approximate surface area is 136 Å². The van der Waals surface area contributed by atoms with Crippen molar-refractivity contribution in [3.05, 3.63) is 35.1 Å². The van der Waals surface area contributed by atoms with Gasteiger partial charge in [0.2, 0.25) is 0 Å². The number of aryl methyl sites for hydroxylation is 2. The summed E-state index contributed by atoms with van der Waals surface area (Å²) in [4.78, 5) is 20.9. The van der Waals surface area contributed by atoms with Gasteiger partial charge in [0.25, 0.3) is 0 Å². The summed E-state index contributed by atoms with van der Waals surface area (Å²) in [5, 5.41) is 17.2. The third-order valence-electron chi connectivity index (χ3n) is 3.84. The third-order valence-corrected chi connectivity index (χ3v) is 3.84. The van der Waals surface area contributed by atoms with Gasteiger partial charge in [-0.25, -0.2) is 4.39 Å². The minimum Gasteiger partial charge on any atom is -0.481 e. The molecule has 0 amide bonds. The minimum absolute atomic E-state index is 0.180. The van der Waals surface area contributed by atoms with Crippen molar-refractivity contribution in [1.29, 1.82) is 0 Å². The number of carboxylic acid groups (broad SMARTS) is 2. The standard InChI is InChI=1S/C18H25FO4/c19-16-12-11-14(7-3-1-5-9-17(20)21)15(13-16)8-4-2-6-10-18(22)23/h11-13H,1-10H2,(H,20,21)(H,22,23). The quantitative estimate of drug-likeness (QED) is 0.565. The Morgan fingerprint density at radius 3 is 1.83 bits per heavy atom. The van der Waals surface area contributed by atoms with E-state index in [4.69, 9.17) is 10.2 Å². The molecule has 2 N–H and O–H groups in total. The summed E-state index contributed by atoms with van der Waals surface area (Å²) in [5.74, 6) is -1.80. The topological polar surface area (TPSA) is 74.6 Å². The molecule has 0 aliphatic heterocycles. The monoisotopic (exact) mass is 324 g/mol. The zero-order valence-electron chi connectivity index (χ0n) is 13.4. The van der Waals surface area contributed by atoms with E-state index in [2.05, 4.69) is 0 Å². The molecule has 0 saturated heterocycles. The predicted molar refractivity (Wildman–Crippen MR) is 86.0 cm³/mol. The Morgan fingerprint density at radius 1 is 0.783 bits per heavy atom. The first-order valence-corrected chi connectivity index (χ1v) is 8.20. The fraction of sp³-hybridized carbons (Fsp3) is 0.556. The van der Waals surface area contributed by atoms with Gasteiger partial charge in [0.05, 0.1) is 0 Å². The van der Waals surface area contributed by atoms with Gasteiger partial charge in [0, 0.05) is 12.8 Å². The molecular formula is C18H25FO4. The Hall–Kier alpha value is -1.91. The molecule has 1 rings (SSSR count). The summed E-state index contributed by atoms with van der Waals surface area (Å²) < 4.78 is 13.4. The molecule has 128 valence electrons. The van der Waals surface area contributed by atoms with Gasteiger partial charge in [-0.05, 0) is 61.8 Å². The van der Waals surface area contributed by atoms with Gasteiger partial charge in [-0.1, -0.05) is 18.9 Å². The zero-order chi connectivity index (χ0) is 17.1. The fourth-order valence-corrected chi connectivity index (χ4v) is 2.61. The van der Waals surface area contributed by atoms with E-state index < -0.39 is 11.9 Å². The first-order chi connectivity index (χ1) is 11.0. The summed E-state index contributed by atoms with van der Waals surface area (Å²) in [6, 6.07) is 4.82. The Bertz CT molecular complexity index is 514. The van der Waals surface area contributed by atoms with Crippen LogP contribution in [-0.2, 0) is 22.4 Å². The lowest BCUT2D eigenvalue weighted by Gasteiger charge is -2.10. The summed E-state index contributed by atoms with van der Waals surface area (Å²) >= 11 is 0. The molecule has 1 aromatic rings. The fourth-order valence-electron chi connectivity index (χ4n) is 2.61. The Morgan fingerprint density at radius 2 is 1.30 bits per heavy atom. The van der Waals surface area contributed by atoms with Gasteiger partial charge in [-0.15, -0.1) is 0 Å². The van der Waals surface area contributed by atoms with Crippen LogP contribution in [0.3, 0.4) is 0 Å². The molecule has 0 spiro atoms. The van der Waals surface area contributed by atoms with Crippen molar-refractivity contribution in [2.24, 2.45) is 0 Å². The van der Waals surface area contributed by atoms with E-state index in [-0.39, 0.29) is 18.7 Å². The smallest absolute Gasteiger partial charge is 0.303 e. The Kier molecular flexibility index (Phi) is 8.95. The van der Waals surface area contributed by atoms with Gasteiger partial charge >= 0.3 is 11.9 Å². The molecule has 23 heavy (non-hydrogen) atoms. The highest BCUT2D eigenvalue weighted by Crippen LogP contribution is 2.18. The molecule has 1 aromatic carbocycles. The molecule has 4 nitrogen and oxygen atoms in total. The van der Waals surface area contributed by atoms with Crippen LogP contribution >= 0.6 is 0 Å². The summed E-state index contributed by atoms with van der Waals surface area (Å²) in [6.07, 6.45) is 6.68. The van der Waals surface area contributed by atoms with Gasteiger partial charge < -0.3 is 10.2 Å². The molecule has 0 fully saturated rings. The maximum absolute atomic E-state index is 13.4. The number of halogens is 1. The van der Waals surface area contributed by atoms with Crippen molar-refractivity contribution in [3.8, 4) is 0 Å². The van der Waals surface area contributed by atoms with Crippen LogP contribution in [0.25, 0.3) is 0 Å². The molecular weight excluding hydrogens is 299 g/mol. The van der Waals surface area contributed by atoms with Crippen LogP contribution in [0.2, 0.25) is 0 Å². The lowest BCUT2D eigenvalue weighted by atomic mass is 9.96. The van der Waals surface area contributed by atoms with E-state index in [0.717, 1.165) is 49.7 Å². The largest absolute Gasteiger partial charge is 0.481 e. The van der Waals surface area contributed by atoms with Crippen molar-refractivity contribution in [3.63, 3.8) is 0 Å². The number of carboxylic acids is 2. The maximum Gasteiger partial charge on any atom is 0.303 e. The lowest BCUT2D eigenvalue weighted by Crippen LogP contribution is -1.99. The predicted octanol–water partition coefficient (Wildman–Crippen LogP) is 4.20. The summed E-state index contributed by atoms with van der Waals surface area (Å²) in [5.41, 5.74) is 2.10. The van der Waals surface area contributed by atoms with E-state index in [0.29, 0.717) is 12.8 Å². The van der Waals surface area contributed by atoms with Crippen LogP contribution in [0.1, 0.15) is 62.5 Å². The first kappa shape index (κ1) is 19.1. The molecule has 0 unspecified atom stereocenters. The zero-order valence-corrected chi connectivity index (χ0v) is 13.4. The molecule has 0 aliphatic carbocycles. The minimum atomic E-state index is -0.780. The molecule has 0 bridgehead atoms. The van der Waals surface area contributed by atoms with Crippen LogP contribution < -0.4 is 0 Å². The number of aliphatic carboxylic acids is 2. The van der Waals surface area contributed by atoms with Gasteiger partial charge in [0.15, 0.2) is 0 Å². The SMILES string of the molecule is O=C(O)CCCCCc1ccc(F)cc1CCCCCC(=O)O. The second-order valence-electron chi connectivity index (χ2n) is 5.82. The van der Waals surface area contributed by atoms with E-state index >= 15 is 0 Å². The maximum atomic E-state index is 13.4. The van der Waals surface area contributed by atoms with Crippen molar-refractivity contribution in [2.45, 2.75) is 64.2 Å². The average molecular weight is 324 g/mol. The molecule has 0 radical (unpaired) electrons. The number of rotatable bonds is 12.